The number of benzene rings is 3. The van der Waals surface area contributed by atoms with Gasteiger partial charge >= 0.3 is 0 Å². The van der Waals surface area contributed by atoms with Crippen LogP contribution in [0.2, 0.25) is 0 Å². The zero-order valence-corrected chi connectivity index (χ0v) is 40.9. The molecule has 3 aromatic carbocycles. The van der Waals surface area contributed by atoms with E-state index in [1.807, 2.05) is 42.5 Å². The number of piperidine rings is 2. The van der Waals surface area contributed by atoms with Crippen molar-refractivity contribution in [2.24, 2.45) is 0 Å². The zero-order chi connectivity index (χ0) is 48.1. The van der Waals surface area contributed by atoms with Crippen LogP contribution >= 0.6 is 23.1 Å². The molecule has 4 amide bonds. The summed E-state index contributed by atoms with van der Waals surface area (Å²) in [6.45, 7) is 13.1. The molecule has 0 bridgehead atoms. The molecule has 4 aliphatic rings. The predicted molar refractivity (Wildman–Crippen MR) is 266 cm³/mol. The van der Waals surface area contributed by atoms with Gasteiger partial charge in [-0.05, 0) is 97.4 Å². The molecule has 0 saturated carbocycles. The fraction of sp³-hybridized carbons (Fsp3) is 0.388. The van der Waals surface area contributed by atoms with Crippen molar-refractivity contribution in [2.45, 2.75) is 57.2 Å². The van der Waals surface area contributed by atoms with E-state index in [1.54, 1.807) is 43.7 Å². The number of carbonyl (C=O) groups is 4. The maximum absolute atomic E-state index is 14.1. The van der Waals surface area contributed by atoms with E-state index in [0.717, 1.165) is 63.1 Å². The number of ether oxygens (including phenoxy) is 1. The Labute approximate surface area is 404 Å². The second-order valence-corrected chi connectivity index (χ2v) is 21.7. The highest BCUT2D eigenvalue weighted by molar-refractivity contribution is 9.10. The molecule has 3 saturated heterocycles. The lowest BCUT2D eigenvalue weighted by Crippen LogP contribution is -2.53. The van der Waals surface area contributed by atoms with Gasteiger partial charge < -0.3 is 40.0 Å². The predicted octanol–water partition coefficient (Wildman–Crippen LogP) is 6.58. The number of hydrogen-bond acceptors (Lipinski definition) is 13. The molecule has 1 unspecified atom stereocenters. The number of unbranched alkanes of at least 4 members (excludes halogenated alkanes) is 1. The summed E-state index contributed by atoms with van der Waals surface area (Å²) in [5.41, 5.74) is 4.35. The molecule has 0 spiro atoms. The highest BCUT2D eigenvalue weighted by atomic mass is 79.9. The monoisotopic (exact) mass is 1010 g/mol. The number of anilines is 6. The molecule has 8 rings (SSSR count). The lowest BCUT2D eigenvalue weighted by molar-refractivity contribution is -0.137. The fourth-order valence-electron chi connectivity index (χ4n) is 9.28. The maximum atomic E-state index is 14.1. The number of methoxy groups -OCH3 is 1. The first-order valence-corrected chi connectivity index (χ1v) is 26.1. The number of piperazine rings is 1. The third-order valence-electron chi connectivity index (χ3n) is 12.8. The Hall–Kier alpha value is -6.12. The topological polar surface area (TPSA) is 181 Å². The Balaban J connectivity index is 0.849. The molecule has 5 heterocycles. The summed E-state index contributed by atoms with van der Waals surface area (Å²) >= 11 is 3.52. The van der Waals surface area contributed by atoms with Gasteiger partial charge in [0.05, 0.1) is 34.3 Å². The van der Waals surface area contributed by atoms with Crippen molar-refractivity contribution in [2.75, 3.05) is 87.1 Å². The van der Waals surface area contributed by atoms with Crippen LogP contribution in [0.1, 0.15) is 60.0 Å². The van der Waals surface area contributed by atoms with E-state index in [9.17, 15) is 28.1 Å². The second-order valence-electron chi connectivity index (χ2n) is 17.7. The number of halogens is 2. The van der Waals surface area contributed by atoms with Crippen molar-refractivity contribution >= 4 is 86.5 Å². The minimum Gasteiger partial charge on any atom is -0.494 e. The van der Waals surface area contributed by atoms with Crippen LogP contribution in [0, 0.1) is 11.8 Å². The van der Waals surface area contributed by atoms with Crippen LogP contribution in [0.15, 0.2) is 77.7 Å². The first-order chi connectivity index (χ1) is 32.7. The van der Waals surface area contributed by atoms with E-state index in [-0.39, 0.29) is 24.2 Å². The number of nitrogens with zero attached hydrogens (tertiary/aromatic N) is 6. The molecule has 19 heteroatoms. The highest BCUT2D eigenvalue weighted by Crippen LogP contribution is 2.41. The van der Waals surface area contributed by atoms with Crippen LogP contribution < -0.4 is 36.2 Å². The second kappa shape index (κ2) is 21.0. The molecular weight excluding hydrogens is 954 g/mol. The summed E-state index contributed by atoms with van der Waals surface area (Å²) < 4.78 is 33.6. The average molecular weight is 1010 g/mol. The zero-order valence-electron chi connectivity index (χ0n) is 38.4. The molecule has 16 nitrogen and oxygen atoms in total. The largest absolute Gasteiger partial charge is 0.494 e. The first-order valence-electron chi connectivity index (χ1n) is 22.7. The maximum Gasteiger partial charge on any atom is 0.283 e. The summed E-state index contributed by atoms with van der Waals surface area (Å²) in [7, 11) is -1.06. The van der Waals surface area contributed by atoms with E-state index in [0.29, 0.717) is 88.2 Å². The number of para-hydroxylation sites is 1. The Morgan fingerprint density at radius 2 is 1.75 bits per heavy atom. The van der Waals surface area contributed by atoms with Crippen LogP contribution in [0.3, 0.4) is 0 Å². The normalized spacial score (nSPS) is 18.1. The number of fused-ring (bicyclic) bond motifs is 1. The summed E-state index contributed by atoms with van der Waals surface area (Å²) in [6, 6.07) is 16.1. The summed E-state index contributed by atoms with van der Waals surface area (Å²) in [5.74, 6) is 4.70. The Morgan fingerprint density at radius 1 is 0.985 bits per heavy atom. The number of nitrogens with one attached hydrogen (secondary N) is 4. The molecule has 0 radical (unpaired) electrons. The summed E-state index contributed by atoms with van der Waals surface area (Å²) in [6.07, 6.45) is 5.56. The van der Waals surface area contributed by atoms with E-state index >= 15 is 0 Å². The van der Waals surface area contributed by atoms with Crippen LogP contribution in [0.25, 0.3) is 0 Å². The quantitative estimate of drug-likeness (QED) is 0.0350. The van der Waals surface area contributed by atoms with Crippen molar-refractivity contribution < 1.29 is 32.9 Å². The van der Waals surface area contributed by atoms with Crippen molar-refractivity contribution in [1.29, 1.82) is 0 Å². The van der Waals surface area contributed by atoms with Crippen molar-refractivity contribution in [3.63, 3.8) is 0 Å². The molecule has 0 aliphatic carbocycles. The number of amides is 4. The molecule has 68 heavy (non-hydrogen) atoms. The lowest BCUT2D eigenvalue weighted by atomic mass is 10.0. The molecular formula is C49H55BrFN10O6P. The van der Waals surface area contributed by atoms with Gasteiger partial charge in [-0.25, -0.2) is 9.37 Å². The van der Waals surface area contributed by atoms with Crippen LogP contribution in [0.4, 0.5) is 38.9 Å². The Kier molecular flexibility index (Phi) is 15.0. The molecule has 3 fully saturated rings. The van der Waals surface area contributed by atoms with E-state index in [1.165, 1.54) is 0 Å². The van der Waals surface area contributed by atoms with Gasteiger partial charge in [0.25, 0.3) is 11.8 Å². The number of imide groups is 1. The number of aromatic nitrogens is 2. The van der Waals surface area contributed by atoms with Crippen LogP contribution in [-0.2, 0) is 25.5 Å². The van der Waals surface area contributed by atoms with Gasteiger partial charge in [-0.15, -0.1) is 0 Å². The van der Waals surface area contributed by atoms with E-state index in [2.05, 4.69) is 80.3 Å². The van der Waals surface area contributed by atoms with Gasteiger partial charge in [-0.2, -0.15) is 4.98 Å². The Bertz CT molecular complexity index is 2740. The van der Waals surface area contributed by atoms with E-state index < -0.39 is 30.8 Å². The Morgan fingerprint density at radius 3 is 2.47 bits per heavy atom. The first kappa shape index (κ1) is 48.3. The van der Waals surface area contributed by atoms with Gasteiger partial charge in [0, 0.05) is 93.4 Å². The molecule has 1 atom stereocenters. The number of rotatable bonds is 14. The van der Waals surface area contributed by atoms with Gasteiger partial charge in [-0.1, -0.05) is 36.6 Å². The molecule has 1 aromatic heterocycles. The van der Waals surface area contributed by atoms with Crippen molar-refractivity contribution in [1.82, 2.24) is 30.0 Å². The third kappa shape index (κ3) is 11.1. The van der Waals surface area contributed by atoms with Crippen molar-refractivity contribution in [3.8, 4) is 17.6 Å². The van der Waals surface area contributed by atoms with Gasteiger partial charge in [-0.3, -0.25) is 29.4 Å². The minimum absolute atomic E-state index is 0.200. The van der Waals surface area contributed by atoms with Crippen molar-refractivity contribution in [3.05, 3.63) is 94.4 Å². The molecule has 356 valence electrons. The van der Waals surface area contributed by atoms with Gasteiger partial charge in [0.15, 0.2) is 5.83 Å². The number of carbonyl (C=O) groups excluding carboxylic acids is 4. The summed E-state index contributed by atoms with van der Waals surface area (Å²) in [4.78, 5) is 68.0. The molecule has 4 aliphatic heterocycles. The SMILES string of the molecule is C=C(F)C(=O)Nc1cc(Nc2ncc(Br)c(Nc3ccccc3P(C)(C)=O)n2)c(OC)cc1N1CCC(N2CCN(CCCC#Cc3cccc4c3CN(C3CCC(=O)NC3=O)C4=O)CC2)CC1. The summed E-state index contributed by atoms with van der Waals surface area (Å²) in [5, 5.41) is 12.2. The smallest absolute Gasteiger partial charge is 0.283 e. The minimum atomic E-state index is -2.61. The average Bonchev–Trinajstić information content (AvgIpc) is 3.66. The molecule has 4 aromatic rings. The van der Waals surface area contributed by atoms with E-state index in [4.69, 9.17) is 4.74 Å². The lowest BCUT2D eigenvalue weighted by Gasteiger charge is -2.43. The highest BCUT2D eigenvalue weighted by Gasteiger charge is 2.40. The van der Waals surface area contributed by atoms with Crippen LogP contribution in [0.5, 0.6) is 5.75 Å². The number of hydrogen-bond donors (Lipinski definition) is 4. The van der Waals surface area contributed by atoms with Gasteiger partial charge in [0.2, 0.25) is 17.8 Å². The third-order valence-corrected chi connectivity index (χ3v) is 15.0. The fourth-order valence-corrected chi connectivity index (χ4v) is 10.7. The molecule has 4 N–H and O–H groups in total. The van der Waals surface area contributed by atoms with Gasteiger partial charge in [0.1, 0.15) is 24.8 Å². The van der Waals surface area contributed by atoms with Crippen LogP contribution in [-0.4, -0.2) is 127 Å². The standard InChI is InChI=1S/C49H55BrFN10O6P/c1-31(51)46(63)54-38-27-39(55-49-52-29-36(50)45(57-49)53-37-14-7-8-15-43(37)68(3,4)66)42(67-2)28-41(38)60-21-18-33(19-22-60)59-25-23-58(24-26-59)20-9-5-6-11-32-12-10-13-34-35(32)30-61(48(34)65)40-16-17-44(62)56-47(40)64/h7-8,10,12-15,27-29,33,40H,1,5,9,16-26,30H2,2-4H3,(H,54,63)(H,56,62,64)(H2,52,53,55,57).